The largest absolute Gasteiger partial charge is 0.376 e. The predicted molar refractivity (Wildman–Crippen MR) is 73.6 cm³/mol. The normalized spacial score (nSPS) is 31.3. The summed E-state index contributed by atoms with van der Waals surface area (Å²) in [6.07, 6.45) is 9.67. The summed E-state index contributed by atoms with van der Waals surface area (Å²) in [6.45, 7) is 5.55. The predicted octanol–water partition coefficient (Wildman–Crippen LogP) is 2.87. The minimum absolute atomic E-state index is 0.295. The lowest BCUT2D eigenvalue weighted by Crippen LogP contribution is -2.62. The fourth-order valence-corrected chi connectivity index (χ4v) is 3.57. The lowest BCUT2D eigenvalue weighted by atomic mass is 9.58. The van der Waals surface area contributed by atoms with Crippen molar-refractivity contribution in [3.63, 3.8) is 0 Å². The van der Waals surface area contributed by atoms with Gasteiger partial charge in [-0.25, -0.2) is 0 Å². The molecule has 2 atom stereocenters. The van der Waals surface area contributed by atoms with Gasteiger partial charge in [-0.1, -0.05) is 25.7 Å². The van der Waals surface area contributed by atoms with Crippen LogP contribution in [0.1, 0.15) is 58.8 Å². The molecule has 2 unspecified atom stereocenters. The minimum Gasteiger partial charge on any atom is -0.376 e. The Morgan fingerprint density at radius 3 is 2.33 bits per heavy atom. The topological polar surface area (TPSA) is 44.5 Å². The van der Waals surface area contributed by atoms with Crippen molar-refractivity contribution in [2.75, 3.05) is 13.2 Å². The Hall–Kier alpha value is -0.120. The highest BCUT2D eigenvalue weighted by atomic mass is 16.5. The molecule has 0 bridgehead atoms. The molecule has 0 aliphatic heterocycles. The molecule has 2 fully saturated rings. The van der Waals surface area contributed by atoms with Gasteiger partial charge < -0.3 is 15.2 Å². The maximum absolute atomic E-state index is 6.29. The van der Waals surface area contributed by atoms with E-state index >= 15 is 0 Å². The van der Waals surface area contributed by atoms with Crippen LogP contribution in [0.15, 0.2) is 0 Å². The van der Waals surface area contributed by atoms with Crippen molar-refractivity contribution < 1.29 is 9.47 Å². The SMILES string of the molecule is CC(C)OCCOC1CC(N)C12CCCCCC2. The molecule has 0 radical (unpaired) electrons. The lowest BCUT2D eigenvalue weighted by molar-refractivity contribution is -0.144. The Morgan fingerprint density at radius 1 is 1.11 bits per heavy atom. The van der Waals surface area contributed by atoms with Crippen LogP contribution in [0.5, 0.6) is 0 Å². The molecule has 0 aromatic heterocycles. The van der Waals surface area contributed by atoms with Crippen molar-refractivity contribution in [2.45, 2.75) is 77.0 Å². The van der Waals surface area contributed by atoms with Crippen LogP contribution in [-0.4, -0.2) is 31.5 Å². The molecule has 0 saturated heterocycles. The Balaban J connectivity index is 1.78. The van der Waals surface area contributed by atoms with E-state index in [0.29, 0.717) is 30.3 Å². The zero-order valence-electron chi connectivity index (χ0n) is 12.0. The van der Waals surface area contributed by atoms with Gasteiger partial charge >= 0.3 is 0 Å². The summed E-state index contributed by atoms with van der Waals surface area (Å²) in [7, 11) is 0. The van der Waals surface area contributed by atoms with E-state index in [2.05, 4.69) is 13.8 Å². The highest BCUT2D eigenvalue weighted by Gasteiger charge is 2.53. The van der Waals surface area contributed by atoms with Gasteiger partial charge in [-0.2, -0.15) is 0 Å². The second kappa shape index (κ2) is 6.36. The van der Waals surface area contributed by atoms with Gasteiger partial charge in [-0.15, -0.1) is 0 Å². The van der Waals surface area contributed by atoms with Crippen molar-refractivity contribution in [3.8, 4) is 0 Å². The molecule has 0 aromatic rings. The molecule has 2 N–H and O–H groups in total. The Kier molecular flexibility index (Phi) is 5.05. The molecular weight excluding hydrogens is 226 g/mol. The minimum atomic E-state index is 0.295. The highest BCUT2D eigenvalue weighted by Crippen LogP contribution is 2.51. The third-order valence-electron chi connectivity index (χ3n) is 4.74. The Bertz CT molecular complexity index is 247. The second-order valence-corrected chi connectivity index (χ2v) is 6.27. The monoisotopic (exact) mass is 255 g/mol. The van der Waals surface area contributed by atoms with Crippen LogP contribution >= 0.6 is 0 Å². The summed E-state index contributed by atoms with van der Waals surface area (Å²) >= 11 is 0. The van der Waals surface area contributed by atoms with E-state index in [4.69, 9.17) is 15.2 Å². The number of hydrogen-bond acceptors (Lipinski definition) is 3. The summed E-state index contributed by atoms with van der Waals surface area (Å²) in [5.74, 6) is 0. The summed E-state index contributed by atoms with van der Waals surface area (Å²) in [5.41, 5.74) is 6.59. The molecule has 1 spiro atoms. The summed E-state index contributed by atoms with van der Waals surface area (Å²) in [6, 6.07) is 0.367. The smallest absolute Gasteiger partial charge is 0.0704 e. The molecule has 0 aromatic carbocycles. The van der Waals surface area contributed by atoms with Crippen molar-refractivity contribution in [1.82, 2.24) is 0 Å². The third-order valence-corrected chi connectivity index (χ3v) is 4.74. The first-order valence-electron chi connectivity index (χ1n) is 7.64. The maximum Gasteiger partial charge on any atom is 0.0704 e. The van der Waals surface area contributed by atoms with Gasteiger partial charge in [0.2, 0.25) is 0 Å². The van der Waals surface area contributed by atoms with Gasteiger partial charge in [0.25, 0.3) is 0 Å². The number of ether oxygens (including phenoxy) is 2. The molecule has 0 amide bonds. The van der Waals surface area contributed by atoms with E-state index in [9.17, 15) is 0 Å². The van der Waals surface area contributed by atoms with E-state index in [-0.39, 0.29) is 0 Å². The first-order chi connectivity index (χ1) is 8.65. The van der Waals surface area contributed by atoms with E-state index < -0.39 is 0 Å². The molecule has 0 heterocycles. The molecule has 3 heteroatoms. The van der Waals surface area contributed by atoms with Gasteiger partial charge in [-0.05, 0) is 33.1 Å². The van der Waals surface area contributed by atoms with Crippen LogP contribution in [-0.2, 0) is 9.47 Å². The van der Waals surface area contributed by atoms with Crippen molar-refractivity contribution >= 4 is 0 Å². The molecule has 3 nitrogen and oxygen atoms in total. The molecule has 2 rings (SSSR count). The molecule has 18 heavy (non-hydrogen) atoms. The highest BCUT2D eigenvalue weighted by molar-refractivity contribution is 5.06. The number of rotatable bonds is 5. The standard InChI is InChI=1S/C15H29NO2/c1-12(2)17-9-10-18-14-11-13(16)15(14)7-5-3-4-6-8-15/h12-14H,3-11,16H2,1-2H3. The van der Waals surface area contributed by atoms with E-state index in [1.165, 1.54) is 38.5 Å². The van der Waals surface area contributed by atoms with Crippen LogP contribution in [0.3, 0.4) is 0 Å². The van der Waals surface area contributed by atoms with Gasteiger partial charge in [0, 0.05) is 11.5 Å². The molecular formula is C15H29NO2. The van der Waals surface area contributed by atoms with Gasteiger partial charge in [0.05, 0.1) is 25.4 Å². The first-order valence-corrected chi connectivity index (χ1v) is 7.64. The molecule has 2 saturated carbocycles. The quantitative estimate of drug-likeness (QED) is 0.768. The van der Waals surface area contributed by atoms with Crippen molar-refractivity contribution in [3.05, 3.63) is 0 Å². The van der Waals surface area contributed by atoms with Crippen LogP contribution in [0.4, 0.5) is 0 Å². The Morgan fingerprint density at radius 2 is 1.78 bits per heavy atom. The van der Waals surface area contributed by atoms with E-state index in [1.807, 2.05) is 0 Å². The maximum atomic E-state index is 6.29. The lowest BCUT2D eigenvalue weighted by Gasteiger charge is -2.54. The fraction of sp³-hybridized carbons (Fsp3) is 1.00. The van der Waals surface area contributed by atoms with Gasteiger partial charge in [-0.3, -0.25) is 0 Å². The van der Waals surface area contributed by atoms with Crippen molar-refractivity contribution in [2.24, 2.45) is 11.1 Å². The van der Waals surface area contributed by atoms with Crippen LogP contribution in [0.25, 0.3) is 0 Å². The fourth-order valence-electron chi connectivity index (χ4n) is 3.57. The average Bonchev–Trinajstić information content (AvgIpc) is 2.60. The summed E-state index contributed by atoms with van der Waals surface area (Å²) < 4.78 is 11.6. The second-order valence-electron chi connectivity index (χ2n) is 6.27. The van der Waals surface area contributed by atoms with Crippen LogP contribution in [0.2, 0.25) is 0 Å². The van der Waals surface area contributed by atoms with Crippen LogP contribution in [0, 0.1) is 5.41 Å². The molecule has 2 aliphatic rings. The van der Waals surface area contributed by atoms with Gasteiger partial charge in [0.1, 0.15) is 0 Å². The summed E-state index contributed by atoms with van der Waals surface area (Å²) in [5, 5.41) is 0. The zero-order valence-corrected chi connectivity index (χ0v) is 12.0. The summed E-state index contributed by atoms with van der Waals surface area (Å²) in [4.78, 5) is 0. The number of hydrogen-bond donors (Lipinski definition) is 1. The Labute approximate surface area is 111 Å². The zero-order chi connectivity index (χ0) is 13.0. The van der Waals surface area contributed by atoms with E-state index in [1.54, 1.807) is 0 Å². The average molecular weight is 255 g/mol. The number of nitrogens with two attached hydrogens (primary N) is 1. The molecule has 2 aliphatic carbocycles. The first kappa shape index (κ1) is 14.3. The third kappa shape index (κ3) is 3.06. The molecule has 106 valence electrons. The van der Waals surface area contributed by atoms with Gasteiger partial charge in [0.15, 0.2) is 0 Å². The van der Waals surface area contributed by atoms with Crippen LogP contribution < -0.4 is 5.73 Å². The van der Waals surface area contributed by atoms with Crippen molar-refractivity contribution in [1.29, 1.82) is 0 Å². The van der Waals surface area contributed by atoms with E-state index in [0.717, 1.165) is 13.0 Å².